The number of para-hydroxylation sites is 1. The summed E-state index contributed by atoms with van der Waals surface area (Å²) in [5, 5.41) is -0.642. The molecule has 88 valence electrons. The zero-order chi connectivity index (χ0) is 12.5. The number of hydrogen-bond donors (Lipinski definition) is 1. The molecule has 0 radical (unpaired) electrons. The molecule has 6 nitrogen and oxygen atoms in total. The highest BCUT2D eigenvalue weighted by Crippen LogP contribution is 2.16. The summed E-state index contributed by atoms with van der Waals surface area (Å²) in [7, 11) is -4.50. The van der Waals surface area contributed by atoms with E-state index in [4.69, 9.17) is 4.55 Å². The van der Waals surface area contributed by atoms with Gasteiger partial charge in [-0.05, 0) is 12.1 Å². The summed E-state index contributed by atoms with van der Waals surface area (Å²) in [4.78, 5) is 14.4. The van der Waals surface area contributed by atoms with Crippen LogP contribution in [0.25, 0.3) is 5.69 Å². The molecule has 1 N–H and O–H groups in total. The largest absolute Gasteiger partial charge is 0.314 e. The molecule has 0 spiro atoms. The van der Waals surface area contributed by atoms with Gasteiger partial charge in [-0.2, -0.15) is 8.42 Å². The Kier molecular flexibility index (Phi) is 2.78. The highest BCUT2D eigenvalue weighted by Gasteiger charge is 2.21. The molecule has 0 atom stereocenters. The van der Waals surface area contributed by atoms with Crippen LogP contribution in [0, 0.1) is 0 Å². The molecular formula is C10H8N2O4S. The minimum absolute atomic E-state index is 0.210. The maximum absolute atomic E-state index is 11.0. The van der Waals surface area contributed by atoms with Crippen LogP contribution in [-0.4, -0.2) is 28.8 Å². The number of imidazole rings is 1. The Morgan fingerprint density at radius 1 is 1.24 bits per heavy atom. The van der Waals surface area contributed by atoms with Gasteiger partial charge in [0.25, 0.3) is 0 Å². The smallest absolute Gasteiger partial charge is 0.296 e. The standard InChI is InChI=1S/C10H8N2O4S/c13-6-9-10(17(14,15)16)11-7-12(9)8-4-2-1-3-5-8/h1-7H,(H,14,15,16). The molecule has 0 aliphatic rings. The lowest BCUT2D eigenvalue weighted by atomic mass is 10.3. The fraction of sp³-hybridized carbons (Fsp3) is 0. The Hall–Kier alpha value is -1.99. The van der Waals surface area contributed by atoms with Gasteiger partial charge in [-0.15, -0.1) is 0 Å². The minimum atomic E-state index is -4.50. The first-order valence-electron chi connectivity index (χ1n) is 4.59. The van der Waals surface area contributed by atoms with E-state index in [1.54, 1.807) is 30.3 Å². The molecule has 1 heterocycles. The lowest BCUT2D eigenvalue weighted by molar-refractivity contribution is 0.111. The molecule has 0 amide bonds. The predicted octanol–water partition coefficient (Wildman–Crippen LogP) is 0.932. The zero-order valence-electron chi connectivity index (χ0n) is 8.52. The van der Waals surface area contributed by atoms with Crippen LogP contribution < -0.4 is 0 Å². The van der Waals surface area contributed by atoms with E-state index < -0.39 is 15.1 Å². The first-order chi connectivity index (χ1) is 8.04. The Morgan fingerprint density at radius 2 is 1.88 bits per heavy atom. The quantitative estimate of drug-likeness (QED) is 0.648. The summed E-state index contributed by atoms with van der Waals surface area (Å²) < 4.78 is 32.1. The van der Waals surface area contributed by atoms with E-state index in [-0.39, 0.29) is 5.69 Å². The zero-order valence-corrected chi connectivity index (χ0v) is 9.33. The number of carbonyl (C=O) groups is 1. The summed E-state index contributed by atoms with van der Waals surface area (Å²) in [6.45, 7) is 0. The molecule has 2 aromatic rings. The van der Waals surface area contributed by atoms with Gasteiger partial charge in [-0.1, -0.05) is 18.2 Å². The molecule has 0 saturated carbocycles. The molecule has 0 aliphatic heterocycles. The molecule has 0 aliphatic carbocycles. The van der Waals surface area contributed by atoms with E-state index in [0.717, 1.165) is 0 Å². The van der Waals surface area contributed by atoms with Gasteiger partial charge < -0.3 is 0 Å². The average molecular weight is 252 g/mol. The van der Waals surface area contributed by atoms with Crippen molar-refractivity contribution in [2.45, 2.75) is 5.03 Å². The predicted molar refractivity (Wildman–Crippen MR) is 58.8 cm³/mol. The highest BCUT2D eigenvalue weighted by molar-refractivity contribution is 7.85. The number of aldehydes is 1. The fourth-order valence-electron chi connectivity index (χ4n) is 1.44. The van der Waals surface area contributed by atoms with Crippen LogP contribution in [-0.2, 0) is 10.1 Å². The minimum Gasteiger partial charge on any atom is -0.296 e. The Labute approximate surface area is 97.3 Å². The van der Waals surface area contributed by atoms with Gasteiger partial charge in [0.1, 0.15) is 12.0 Å². The number of carbonyl (C=O) groups excluding carboxylic acids is 1. The van der Waals surface area contributed by atoms with E-state index in [2.05, 4.69) is 4.98 Å². The van der Waals surface area contributed by atoms with Gasteiger partial charge in [-0.3, -0.25) is 13.9 Å². The molecule has 0 saturated heterocycles. The summed E-state index contributed by atoms with van der Waals surface area (Å²) in [5.74, 6) is 0. The summed E-state index contributed by atoms with van der Waals surface area (Å²) >= 11 is 0. The fourth-order valence-corrected chi connectivity index (χ4v) is 2.03. The van der Waals surface area contributed by atoms with E-state index in [9.17, 15) is 13.2 Å². The average Bonchev–Trinajstić information content (AvgIpc) is 2.73. The second-order valence-electron chi connectivity index (χ2n) is 3.23. The second kappa shape index (κ2) is 4.11. The Morgan fingerprint density at radius 3 is 2.41 bits per heavy atom. The van der Waals surface area contributed by atoms with Gasteiger partial charge in [-0.25, -0.2) is 4.98 Å². The van der Waals surface area contributed by atoms with Crippen molar-refractivity contribution in [2.75, 3.05) is 0 Å². The molecule has 0 bridgehead atoms. The van der Waals surface area contributed by atoms with Crippen molar-refractivity contribution in [3.05, 3.63) is 42.4 Å². The van der Waals surface area contributed by atoms with Crippen molar-refractivity contribution in [1.82, 2.24) is 9.55 Å². The first-order valence-corrected chi connectivity index (χ1v) is 6.03. The molecule has 1 aromatic heterocycles. The SMILES string of the molecule is O=Cc1c(S(=O)(=O)O)ncn1-c1ccccc1. The number of nitrogens with zero attached hydrogens (tertiary/aromatic N) is 2. The third kappa shape index (κ3) is 2.10. The van der Waals surface area contributed by atoms with E-state index >= 15 is 0 Å². The van der Waals surface area contributed by atoms with Gasteiger partial charge >= 0.3 is 10.1 Å². The number of rotatable bonds is 3. The molecule has 0 fully saturated rings. The lowest BCUT2D eigenvalue weighted by Gasteiger charge is -2.03. The summed E-state index contributed by atoms with van der Waals surface area (Å²) in [5.41, 5.74) is 0.371. The topological polar surface area (TPSA) is 89.3 Å². The van der Waals surface area contributed by atoms with Crippen molar-refractivity contribution in [3.8, 4) is 5.69 Å². The van der Waals surface area contributed by atoms with Gasteiger partial charge in [0, 0.05) is 5.69 Å². The molecular weight excluding hydrogens is 244 g/mol. The third-order valence-electron chi connectivity index (χ3n) is 2.16. The molecule has 0 unspecified atom stereocenters. The van der Waals surface area contributed by atoms with Crippen LogP contribution in [0.15, 0.2) is 41.7 Å². The van der Waals surface area contributed by atoms with Crippen molar-refractivity contribution < 1.29 is 17.8 Å². The Balaban J connectivity index is 2.67. The molecule has 17 heavy (non-hydrogen) atoms. The van der Waals surface area contributed by atoms with Crippen molar-refractivity contribution >= 4 is 16.4 Å². The van der Waals surface area contributed by atoms with Crippen LogP contribution in [0.5, 0.6) is 0 Å². The first kappa shape index (κ1) is 11.5. The number of hydrogen-bond acceptors (Lipinski definition) is 4. The highest BCUT2D eigenvalue weighted by atomic mass is 32.2. The van der Waals surface area contributed by atoms with Crippen LogP contribution >= 0.6 is 0 Å². The summed E-state index contributed by atoms with van der Waals surface area (Å²) in [6, 6.07) is 8.61. The second-order valence-corrected chi connectivity index (χ2v) is 4.57. The van der Waals surface area contributed by atoms with Crippen LogP contribution in [0.3, 0.4) is 0 Å². The number of benzene rings is 1. The van der Waals surface area contributed by atoms with E-state index in [0.29, 0.717) is 12.0 Å². The normalized spacial score (nSPS) is 11.4. The molecule has 1 aromatic carbocycles. The maximum atomic E-state index is 11.0. The van der Waals surface area contributed by atoms with Crippen molar-refractivity contribution in [2.24, 2.45) is 0 Å². The third-order valence-corrected chi connectivity index (χ3v) is 2.96. The monoisotopic (exact) mass is 252 g/mol. The maximum Gasteiger partial charge on any atom is 0.314 e. The van der Waals surface area contributed by atoms with E-state index in [1.165, 1.54) is 10.9 Å². The van der Waals surface area contributed by atoms with Gasteiger partial charge in [0.15, 0.2) is 6.29 Å². The van der Waals surface area contributed by atoms with Crippen LogP contribution in [0.1, 0.15) is 10.5 Å². The lowest BCUT2D eigenvalue weighted by Crippen LogP contribution is -2.05. The van der Waals surface area contributed by atoms with Crippen molar-refractivity contribution in [1.29, 1.82) is 0 Å². The van der Waals surface area contributed by atoms with Gasteiger partial charge in [0.2, 0.25) is 5.03 Å². The molecule has 7 heteroatoms. The summed E-state index contributed by atoms with van der Waals surface area (Å²) in [6.07, 6.45) is 1.51. The van der Waals surface area contributed by atoms with Gasteiger partial charge in [0.05, 0.1) is 0 Å². The van der Waals surface area contributed by atoms with Crippen LogP contribution in [0.2, 0.25) is 0 Å². The van der Waals surface area contributed by atoms with E-state index in [1.807, 2.05) is 0 Å². The van der Waals surface area contributed by atoms with Crippen LogP contribution in [0.4, 0.5) is 0 Å². The van der Waals surface area contributed by atoms with Crippen molar-refractivity contribution in [3.63, 3.8) is 0 Å². The number of aromatic nitrogens is 2. The Bertz CT molecular complexity index is 646. The molecule has 2 rings (SSSR count).